The van der Waals surface area contributed by atoms with E-state index < -0.39 is 22.3 Å². The molecule has 0 nitrogen and oxygen atoms in total. The third kappa shape index (κ3) is 11.7. The molecule has 5 aromatic rings. The Morgan fingerprint density at radius 3 is 1.73 bits per heavy atom. The molecule has 0 aromatic heterocycles. The first-order chi connectivity index (χ1) is 20.7. The summed E-state index contributed by atoms with van der Waals surface area (Å²) < 4.78 is 4.66. The maximum atomic E-state index is 5.84. The van der Waals surface area contributed by atoms with Gasteiger partial charge in [-0.05, 0) is 12.0 Å². The number of benzene rings is 4. The Bertz CT molecular complexity index is 1630. The van der Waals surface area contributed by atoms with Gasteiger partial charge in [-0.1, -0.05) is 68.2 Å². The van der Waals surface area contributed by atoms with Crippen LogP contribution in [0.25, 0.3) is 23.3 Å². The van der Waals surface area contributed by atoms with Gasteiger partial charge in [-0.25, -0.2) is 6.07 Å². The van der Waals surface area contributed by atoms with Crippen molar-refractivity contribution in [3.63, 3.8) is 0 Å². The fourth-order valence-corrected chi connectivity index (χ4v) is 6.94. The first-order valence-corrected chi connectivity index (χ1v) is 17.8. The van der Waals surface area contributed by atoms with E-state index in [1.807, 2.05) is 42.5 Å². The molecule has 0 N–H and O–H groups in total. The van der Waals surface area contributed by atoms with Crippen LogP contribution in [0.15, 0.2) is 116 Å². The molecule has 0 aliphatic heterocycles. The third-order valence-electron chi connectivity index (χ3n) is 7.08. The molecule has 6 rings (SSSR count). The minimum atomic E-state index is -0.623. The summed E-state index contributed by atoms with van der Waals surface area (Å²) in [5.41, 5.74) is 11.8. The number of hydrogen-bond donors (Lipinski definition) is 0. The molecule has 0 amide bonds. The van der Waals surface area contributed by atoms with E-state index in [-0.39, 0.29) is 24.8 Å². The van der Waals surface area contributed by atoms with Crippen LogP contribution in [0.1, 0.15) is 59.7 Å². The van der Waals surface area contributed by atoms with Crippen LogP contribution in [0.4, 0.5) is 0 Å². The van der Waals surface area contributed by atoms with Crippen LogP contribution < -0.4 is 0 Å². The van der Waals surface area contributed by atoms with Crippen LogP contribution >= 0.6 is 48.0 Å². The normalized spacial score (nSPS) is 10.4. The molecule has 232 valence electrons. The Morgan fingerprint density at radius 2 is 1.27 bits per heavy atom. The Balaban J connectivity index is 0.000000241. The van der Waals surface area contributed by atoms with Crippen molar-refractivity contribution in [1.82, 2.24) is 0 Å². The summed E-state index contributed by atoms with van der Waals surface area (Å²) in [7, 11) is 0. The SMILES string of the molecule is C=Cc1c[c-]c2c(c1)-c1cc(C=C)ccc1C2.CC(C)(C)c1cc[cH-]c1.Cl.Cl.Clc1ccc([CH]=[Zr]=[CH]c2ccc(Cl)cc2)cc1. The van der Waals surface area contributed by atoms with Crippen molar-refractivity contribution in [2.24, 2.45) is 0 Å². The second-order valence-corrected chi connectivity index (χ2v) is 14.4. The molecule has 1 aliphatic rings. The van der Waals surface area contributed by atoms with Gasteiger partial charge in [0.15, 0.2) is 0 Å². The molecular formula is C40H38Cl4Zr-2. The van der Waals surface area contributed by atoms with E-state index in [0.717, 1.165) is 22.0 Å². The van der Waals surface area contributed by atoms with Crippen LogP contribution in [0.2, 0.25) is 10.0 Å². The standard InChI is InChI=1S/C17H13.C9H13.2C7H5Cl.2ClH.Zr/c1-3-12-5-7-14-11-15-8-6-13(4-2)10-17(15)16(14)9-12;1-9(2,3)8-6-4-5-7-8;2*1-6-2-4-7(8)5-3-6;;;/h3-7,9-10H,1-2,11H2;4-7H,1-3H3;2*1-5H;2*1H;/q2*-1;;;;;. The van der Waals surface area contributed by atoms with Crippen LogP contribution in [0.3, 0.4) is 0 Å². The van der Waals surface area contributed by atoms with Crippen molar-refractivity contribution in [2.45, 2.75) is 32.6 Å². The van der Waals surface area contributed by atoms with Crippen molar-refractivity contribution < 1.29 is 22.3 Å². The predicted octanol–water partition coefficient (Wildman–Crippen LogP) is 12.0. The number of fused-ring (bicyclic) bond motifs is 3. The molecule has 0 bridgehead atoms. The topological polar surface area (TPSA) is 0 Å². The van der Waals surface area contributed by atoms with Crippen LogP contribution in [-0.4, -0.2) is 7.42 Å². The predicted molar refractivity (Wildman–Crippen MR) is 202 cm³/mol. The summed E-state index contributed by atoms with van der Waals surface area (Å²) in [4.78, 5) is 0. The Hall–Kier alpha value is -2.51. The fraction of sp³-hybridized carbons (Fsp3) is 0.125. The molecule has 0 fully saturated rings. The number of halogens is 4. The van der Waals surface area contributed by atoms with Gasteiger partial charge in [-0.3, -0.25) is 0 Å². The fourth-order valence-electron chi connectivity index (χ4n) is 4.59. The van der Waals surface area contributed by atoms with E-state index in [2.05, 4.69) is 120 Å². The number of rotatable bonds is 4. The zero-order valence-electron chi connectivity index (χ0n) is 25.8. The molecule has 5 aromatic carbocycles. The van der Waals surface area contributed by atoms with Crippen molar-refractivity contribution in [3.05, 3.63) is 171 Å². The van der Waals surface area contributed by atoms with Gasteiger partial charge >= 0.3 is 123 Å². The molecule has 0 unspecified atom stereocenters. The van der Waals surface area contributed by atoms with Crippen LogP contribution in [0.5, 0.6) is 0 Å². The third-order valence-corrected chi connectivity index (χ3v) is 10.0. The molecule has 0 atom stereocenters. The monoisotopic (exact) mass is 748 g/mol. The van der Waals surface area contributed by atoms with E-state index >= 15 is 0 Å². The van der Waals surface area contributed by atoms with Gasteiger partial charge < -0.3 is 0 Å². The molecular weight excluding hydrogens is 713 g/mol. The summed E-state index contributed by atoms with van der Waals surface area (Å²) in [6, 6.07) is 38.5. The van der Waals surface area contributed by atoms with Crippen LogP contribution in [-0.2, 0) is 34.1 Å². The molecule has 0 heterocycles. The average Bonchev–Trinajstić information content (AvgIpc) is 3.68. The Labute approximate surface area is 302 Å². The number of hydrogen-bond acceptors (Lipinski definition) is 0. The van der Waals surface area contributed by atoms with Crippen LogP contribution in [0, 0.1) is 6.07 Å². The Morgan fingerprint density at radius 1 is 0.733 bits per heavy atom. The first-order valence-electron chi connectivity index (χ1n) is 14.2. The summed E-state index contributed by atoms with van der Waals surface area (Å²) >= 11 is 11.0. The van der Waals surface area contributed by atoms with E-state index in [1.165, 1.54) is 44.5 Å². The molecule has 0 spiro atoms. The summed E-state index contributed by atoms with van der Waals surface area (Å²) in [5.74, 6) is 0. The average molecular weight is 752 g/mol. The second kappa shape index (κ2) is 18.6. The van der Waals surface area contributed by atoms with Gasteiger partial charge in [0.05, 0.1) is 0 Å². The van der Waals surface area contributed by atoms with Gasteiger partial charge in [-0.15, -0.1) is 48.6 Å². The van der Waals surface area contributed by atoms with E-state index in [4.69, 9.17) is 23.2 Å². The molecule has 0 saturated carbocycles. The van der Waals surface area contributed by atoms with Crippen molar-refractivity contribution in [2.75, 3.05) is 0 Å². The van der Waals surface area contributed by atoms with Crippen molar-refractivity contribution in [3.8, 4) is 11.1 Å². The van der Waals surface area contributed by atoms with Gasteiger partial charge in [0, 0.05) is 0 Å². The Kier molecular flexibility index (Phi) is 16.0. The van der Waals surface area contributed by atoms with Crippen molar-refractivity contribution in [1.29, 1.82) is 0 Å². The summed E-state index contributed by atoms with van der Waals surface area (Å²) in [6.07, 6.45) is 4.74. The molecule has 0 saturated heterocycles. The molecule has 5 heteroatoms. The second-order valence-electron chi connectivity index (χ2n) is 11.3. The minimum absolute atomic E-state index is 0. The zero-order valence-corrected chi connectivity index (χ0v) is 31.4. The van der Waals surface area contributed by atoms with Gasteiger partial charge in [0.2, 0.25) is 0 Å². The molecule has 1 aliphatic carbocycles. The zero-order chi connectivity index (χ0) is 30.8. The van der Waals surface area contributed by atoms with Crippen molar-refractivity contribution >= 4 is 67.6 Å². The summed E-state index contributed by atoms with van der Waals surface area (Å²) in [6.45, 7) is 14.3. The van der Waals surface area contributed by atoms with Gasteiger partial charge in [-0.2, -0.15) is 47.5 Å². The summed E-state index contributed by atoms with van der Waals surface area (Å²) in [5, 5.41) is 1.57. The first kappa shape index (κ1) is 38.7. The molecule has 45 heavy (non-hydrogen) atoms. The van der Waals surface area contributed by atoms with Gasteiger partial charge in [0.1, 0.15) is 0 Å². The quantitative estimate of drug-likeness (QED) is 0.157. The van der Waals surface area contributed by atoms with E-state index in [9.17, 15) is 0 Å². The maximum absolute atomic E-state index is 5.84. The molecule has 0 radical (unpaired) electrons. The van der Waals surface area contributed by atoms with E-state index in [1.54, 1.807) is 0 Å². The van der Waals surface area contributed by atoms with E-state index in [0.29, 0.717) is 5.41 Å². The van der Waals surface area contributed by atoms with Gasteiger partial charge in [0.25, 0.3) is 0 Å².